The fraction of sp³-hybridized carbons (Fsp3) is 0.125. The second-order valence-corrected chi connectivity index (χ2v) is 3.62. The summed E-state index contributed by atoms with van der Waals surface area (Å²) in [5, 5.41) is 8.56. The van der Waals surface area contributed by atoms with E-state index in [9.17, 15) is 13.2 Å². The van der Waals surface area contributed by atoms with Gasteiger partial charge < -0.3 is 5.73 Å². The molecule has 0 heterocycles. The molecule has 6 heteroatoms. The van der Waals surface area contributed by atoms with Gasteiger partial charge in [-0.25, -0.2) is 0 Å². The third-order valence-electron chi connectivity index (χ3n) is 1.55. The molecule has 0 atom stereocenters. The summed E-state index contributed by atoms with van der Waals surface area (Å²) in [5.41, 5.74) is 4.35. The second-order valence-electron chi connectivity index (χ2n) is 2.54. The van der Waals surface area contributed by atoms with Crippen LogP contribution in [-0.2, 0) is 6.18 Å². The summed E-state index contributed by atoms with van der Waals surface area (Å²) in [7, 11) is 0. The molecule has 0 saturated carbocycles. The standard InChI is InChI=1S/C8H4F3IN2/c9-8(10,11)5-1-4(3-13)7(12)6(14)2-5/h1-2H,14H2. The number of nitrogen functional groups attached to an aromatic ring is 1. The summed E-state index contributed by atoms with van der Waals surface area (Å²) in [6.07, 6.45) is -4.47. The van der Waals surface area contributed by atoms with Gasteiger partial charge in [-0.2, -0.15) is 18.4 Å². The van der Waals surface area contributed by atoms with Crippen molar-refractivity contribution in [1.82, 2.24) is 0 Å². The van der Waals surface area contributed by atoms with Crippen molar-refractivity contribution in [2.75, 3.05) is 5.73 Å². The lowest BCUT2D eigenvalue weighted by atomic mass is 10.1. The van der Waals surface area contributed by atoms with Crippen LogP contribution in [0.4, 0.5) is 18.9 Å². The lowest BCUT2D eigenvalue weighted by molar-refractivity contribution is -0.137. The highest BCUT2D eigenvalue weighted by Gasteiger charge is 2.31. The summed E-state index contributed by atoms with van der Waals surface area (Å²) < 4.78 is 37.1. The number of benzene rings is 1. The molecule has 2 nitrogen and oxygen atoms in total. The van der Waals surface area contributed by atoms with Gasteiger partial charge in [-0.1, -0.05) is 0 Å². The van der Waals surface area contributed by atoms with Gasteiger partial charge in [0.15, 0.2) is 0 Å². The normalized spacial score (nSPS) is 11.1. The van der Waals surface area contributed by atoms with Crippen molar-refractivity contribution in [2.45, 2.75) is 6.18 Å². The Morgan fingerprint density at radius 2 is 1.93 bits per heavy atom. The molecule has 0 aliphatic carbocycles. The molecule has 74 valence electrons. The molecular formula is C8H4F3IN2. The first-order chi connectivity index (χ1) is 6.36. The molecule has 0 unspecified atom stereocenters. The molecule has 0 amide bonds. The molecule has 0 aliphatic heterocycles. The van der Waals surface area contributed by atoms with E-state index >= 15 is 0 Å². The number of anilines is 1. The highest BCUT2D eigenvalue weighted by molar-refractivity contribution is 14.1. The van der Waals surface area contributed by atoms with Crippen LogP contribution in [0.5, 0.6) is 0 Å². The van der Waals surface area contributed by atoms with E-state index in [0.29, 0.717) is 3.57 Å². The van der Waals surface area contributed by atoms with E-state index in [1.54, 1.807) is 28.7 Å². The number of alkyl halides is 3. The van der Waals surface area contributed by atoms with Gasteiger partial charge in [0.25, 0.3) is 0 Å². The van der Waals surface area contributed by atoms with Crippen molar-refractivity contribution < 1.29 is 13.2 Å². The molecule has 0 fully saturated rings. The van der Waals surface area contributed by atoms with Gasteiger partial charge in [0.2, 0.25) is 0 Å². The summed E-state index contributed by atoms with van der Waals surface area (Å²) in [5.74, 6) is 0. The number of nitrogens with two attached hydrogens (primary N) is 1. The van der Waals surface area contributed by atoms with Crippen molar-refractivity contribution in [2.24, 2.45) is 0 Å². The summed E-state index contributed by atoms with van der Waals surface area (Å²) in [6, 6.07) is 3.27. The van der Waals surface area contributed by atoms with Crippen LogP contribution >= 0.6 is 22.6 Å². The number of hydrogen-bond acceptors (Lipinski definition) is 2. The first-order valence-corrected chi connectivity index (χ1v) is 4.50. The predicted molar refractivity (Wildman–Crippen MR) is 53.3 cm³/mol. The maximum absolute atomic E-state index is 12.2. The van der Waals surface area contributed by atoms with Gasteiger partial charge in [-0.05, 0) is 34.7 Å². The molecule has 1 rings (SSSR count). The number of nitriles is 1. The van der Waals surface area contributed by atoms with E-state index in [4.69, 9.17) is 11.0 Å². The highest BCUT2D eigenvalue weighted by Crippen LogP contribution is 2.33. The van der Waals surface area contributed by atoms with Crippen LogP contribution in [0.3, 0.4) is 0 Å². The molecule has 0 radical (unpaired) electrons. The average Bonchev–Trinajstić information content (AvgIpc) is 2.07. The Hall–Kier alpha value is -0.970. The van der Waals surface area contributed by atoms with E-state index in [1.165, 1.54) is 0 Å². The molecule has 14 heavy (non-hydrogen) atoms. The van der Waals surface area contributed by atoms with E-state index in [0.717, 1.165) is 12.1 Å². The van der Waals surface area contributed by atoms with Crippen molar-refractivity contribution in [3.8, 4) is 6.07 Å². The number of nitrogens with zero attached hydrogens (tertiary/aromatic N) is 1. The molecule has 0 spiro atoms. The minimum Gasteiger partial charge on any atom is -0.398 e. The molecule has 1 aromatic carbocycles. The smallest absolute Gasteiger partial charge is 0.398 e. The topological polar surface area (TPSA) is 49.8 Å². The Kier molecular flexibility index (Phi) is 2.89. The van der Waals surface area contributed by atoms with E-state index in [2.05, 4.69) is 0 Å². The maximum Gasteiger partial charge on any atom is 0.416 e. The highest BCUT2D eigenvalue weighted by atomic mass is 127. The SMILES string of the molecule is N#Cc1cc(C(F)(F)F)cc(N)c1I. The number of rotatable bonds is 0. The zero-order chi connectivity index (χ0) is 10.9. The van der Waals surface area contributed by atoms with E-state index in [1.807, 2.05) is 0 Å². The van der Waals surface area contributed by atoms with Crippen LogP contribution in [0.25, 0.3) is 0 Å². The zero-order valence-corrected chi connectivity index (χ0v) is 8.85. The largest absolute Gasteiger partial charge is 0.416 e. The zero-order valence-electron chi connectivity index (χ0n) is 6.69. The molecule has 1 aromatic rings. The summed E-state index contributed by atoms with van der Waals surface area (Å²) in [6.45, 7) is 0. The van der Waals surface area contributed by atoms with Crippen LogP contribution in [0.1, 0.15) is 11.1 Å². The molecule has 2 N–H and O–H groups in total. The van der Waals surface area contributed by atoms with E-state index in [-0.39, 0.29) is 11.3 Å². The van der Waals surface area contributed by atoms with Crippen LogP contribution in [0.2, 0.25) is 0 Å². The summed E-state index contributed by atoms with van der Waals surface area (Å²) >= 11 is 1.73. The molecule has 0 aromatic heterocycles. The first-order valence-electron chi connectivity index (χ1n) is 3.42. The first kappa shape index (κ1) is 11.1. The molecule has 0 bridgehead atoms. The fourth-order valence-corrected chi connectivity index (χ4v) is 1.32. The maximum atomic E-state index is 12.2. The van der Waals surface area contributed by atoms with Crippen LogP contribution < -0.4 is 5.73 Å². The van der Waals surface area contributed by atoms with Crippen molar-refractivity contribution >= 4 is 28.3 Å². The Morgan fingerprint density at radius 3 is 2.36 bits per heavy atom. The second kappa shape index (κ2) is 3.65. The quantitative estimate of drug-likeness (QED) is 0.591. The van der Waals surface area contributed by atoms with Gasteiger partial charge >= 0.3 is 6.18 Å². The third kappa shape index (κ3) is 2.09. The number of halogens is 4. The number of hydrogen-bond donors (Lipinski definition) is 1. The van der Waals surface area contributed by atoms with Gasteiger partial charge in [0.1, 0.15) is 6.07 Å². The Labute approximate surface area is 91.7 Å². The Balaban J connectivity index is 3.40. The van der Waals surface area contributed by atoms with Gasteiger partial charge in [0, 0.05) is 5.69 Å². The van der Waals surface area contributed by atoms with Crippen LogP contribution in [-0.4, -0.2) is 0 Å². The Bertz CT molecular complexity index is 406. The average molecular weight is 312 g/mol. The third-order valence-corrected chi connectivity index (χ3v) is 2.75. The van der Waals surface area contributed by atoms with Gasteiger partial charge in [-0.3, -0.25) is 0 Å². The van der Waals surface area contributed by atoms with Crippen LogP contribution in [0, 0.1) is 14.9 Å². The van der Waals surface area contributed by atoms with Gasteiger partial charge in [0.05, 0.1) is 14.7 Å². The minimum atomic E-state index is -4.47. The molecule has 0 saturated heterocycles. The Morgan fingerprint density at radius 1 is 1.36 bits per heavy atom. The van der Waals surface area contributed by atoms with Crippen LogP contribution in [0.15, 0.2) is 12.1 Å². The minimum absolute atomic E-state index is 0.0306. The lowest BCUT2D eigenvalue weighted by Gasteiger charge is -2.09. The predicted octanol–water partition coefficient (Wildman–Crippen LogP) is 2.76. The van der Waals surface area contributed by atoms with E-state index < -0.39 is 11.7 Å². The monoisotopic (exact) mass is 312 g/mol. The summed E-state index contributed by atoms with van der Waals surface area (Å²) in [4.78, 5) is 0. The lowest BCUT2D eigenvalue weighted by Crippen LogP contribution is -2.07. The molecular weight excluding hydrogens is 308 g/mol. The molecule has 0 aliphatic rings. The fourth-order valence-electron chi connectivity index (χ4n) is 0.892. The van der Waals surface area contributed by atoms with Crippen molar-refractivity contribution in [1.29, 1.82) is 5.26 Å². The van der Waals surface area contributed by atoms with Crippen molar-refractivity contribution in [3.63, 3.8) is 0 Å². The van der Waals surface area contributed by atoms with Gasteiger partial charge in [-0.15, -0.1) is 0 Å². The van der Waals surface area contributed by atoms with Crippen molar-refractivity contribution in [3.05, 3.63) is 26.8 Å².